The van der Waals surface area contributed by atoms with Crippen LogP contribution in [0.4, 0.5) is 0 Å². The van der Waals surface area contributed by atoms with Gasteiger partial charge in [-0.15, -0.1) is 0 Å². The van der Waals surface area contributed by atoms with Gasteiger partial charge in [-0.1, -0.05) is 0 Å². The second-order valence-corrected chi connectivity index (χ2v) is 5.75. The van der Waals surface area contributed by atoms with E-state index in [1.807, 2.05) is 0 Å². The van der Waals surface area contributed by atoms with Crippen molar-refractivity contribution in [2.75, 3.05) is 13.2 Å². The molecule has 10 heteroatoms. The molecule has 0 unspecified atom stereocenters. The summed E-state index contributed by atoms with van der Waals surface area (Å²) >= 11 is 0. The summed E-state index contributed by atoms with van der Waals surface area (Å²) in [6.45, 7) is 4.07. The lowest BCUT2D eigenvalue weighted by Gasteiger charge is -2.44. The molecular weight excluding hydrogens is 352 g/mol. The number of aliphatic hydroxyl groups excluding tert-OH is 1. The van der Waals surface area contributed by atoms with Gasteiger partial charge >= 0.3 is 23.9 Å². The molecule has 0 aromatic rings. The molecule has 1 heterocycles. The molecule has 1 fully saturated rings. The van der Waals surface area contributed by atoms with Gasteiger partial charge in [-0.2, -0.15) is 0 Å². The van der Waals surface area contributed by atoms with Crippen LogP contribution < -0.4 is 0 Å². The molecule has 26 heavy (non-hydrogen) atoms. The minimum absolute atomic E-state index is 0.0546. The number of esters is 4. The fourth-order valence-corrected chi connectivity index (χ4v) is 2.68. The van der Waals surface area contributed by atoms with Crippen LogP contribution in [0.3, 0.4) is 0 Å². The summed E-state index contributed by atoms with van der Waals surface area (Å²) in [4.78, 5) is 45.6. The molecule has 1 aliphatic rings. The van der Waals surface area contributed by atoms with Crippen molar-refractivity contribution in [3.05, 3.63) is 0 Å². The highest BCUT2D eigenvalue weighted by Gasteiger charge is 2.51. The summed E-state index contributed by atoms with van der Waals surface area (Å²) in [6, 6.07) is 0. The Balaban J connectivity index is 3.22. The monoisotopic (exact) mass is 376 g/mol. The van der Waals surface area contributed by atoms with E-state index >= 15 is 0 Å². The fourth-order valence-electron chi connectivity index (χ4n) is 2.68. The van der Waals surface area contributed by atoms with Crippen molar-refractivity contribution in [2.24, 2.45) is 0 Å². The number of hydrogen-bond acceptors (Lipinski definition) is 10. The van der Waals surface area contributed by atoms with E-state index in [1.54, 1.807) is 0 Å². The molecule has 0 amide bonds. The molecule has 1 N–H and O–H groups in total. The zero-order valence-electron chi connectivity index (χ0n) is 15.1. The molecule has 0 aromatic heterocycles. The zero-order valence-corrected chi connectivity index (χ0v) is 15.1. The van der Waals surface area contributed by atoms with Crippen LogP contribution in [-0.4, -0.2) is 72.7 Å². The summed E-state index contributed by atoms with van der Waals surface area (Å²) in [5.74, 6) is -2.63. The van der Waals surface area contributed by atoms with Gasteiger partial charge in [0.05, 0.1) is 0 Å². The highest BCUT2D eigenvalue weighted by Crippen LogP contribution is 2.30. The summed E-state index contributed by atoms with van der Waals surface area (Å²) in [7, 11) is 0. The number of hydrogen-bond donors (Lipinski definition) is 1. The van der Waals surface area contributed by atoms with Crippen LogP contribution in [-0.2, 0) is 42.9 Å². The number of ether oxygens (including phenoxy) is 5. The number of carbonyl (C=O) groups is 4. The predicted octanol–water partition coefficient (Wildman–Crippen LogP) is -0.506. The molecule has 0 radical (unpaired) electrons. The summed E-state index contributed by atoms with van der Waals surface area (Å²) in [6.07, 6.45) is -5.25. The maximum absolute atomic E-state index is 11.5. The normalized spacial score (nSPS) is 28.0. The van der Waals surface area contributed by atoms with Crippen molar-refractivity contribution in [1.82, 2.24) is 0 Å². The molecule has 1 saturated heterocycles. The fraction of sp³-hybridized carbons (Fsp3) is 0.750. The highest BCUT2D eigenvalue weighted by atomic mass is 16.7. The minimum atomic E-state index is -1.19. The van der Waals surface area contributed by atoms with E-state index in [9.17, 15) is 24.3 Å². The van der Waals surface area contributed by atoms with Crippen LogP contribution in [0.5, 0.6) is 0 Å². The lowest BCUT2D eigenvalue weighted by atomic mass is 9.92. The lowest BCUT2D eigenvalue weighted by Crippen LogP contribution is -2.62. The summed E-state index contributed by atoms with van der Waals surface area (Å²) < 4.78 is 26.3. The van der Waals surface area contributed by atoms with Gasteiger partial charge in [0.15, 0.2) is 18.3 Å². The van der Waals surface area contributed by atoms with E-state index in [1.165, 1.54) is 6.92 Å². The Hall–Kier alpha value is -2.20. The Morgan fingerprint density at radius 2 is 1.23 bits per heavy atom. The first-order valence-corrected chi connectivity index (χ1v) is 8.07. The van der Waals surface area contributed by atoms with Gasteiger partial charge in [-0.25, -0.2) is 0 Å². The molecule has 0 bridgehead atoms. The van der Waals surface area contributed by atoms with Gasteiger partial charge in [0.25, 0.3) is 0 Å². The van der Waals surface area contributed by atoms with Gasteiger partial charge in [0.1, 0.15) is 18.8 Å². The van der Waals surface area contributed by atoms with Crippen molar-refractivity contribution in [3.8, 4) is 0 Å². The van der Waals surface area contributed by atoms with Crippen molar-refractivity contribution in [3.63, 3.8) is 0 Å². The van der Waals surface area contributed by atoms with Crippen LogP contribution >= 0.6 is 0 Å². The zero-order chi connectivity index (χ0) is 19.9. The van der Waals surface area contributed by atoms with Gasteiger partial charge in [-0.3, -0.25) is 19.2 Å². The van der Waals surface area contributed by atoms with Crippen LogP contribution in [0, 0.1) is 0 Å². The van der Waals surface area contributed by atoms with E-state index in [0.717, 1.165) is 20.8 Å². The Bertz CT molecular complexity index is 531. The number of carbonyl (C=O) groups excluding carboxylic acids is 4. The second kappa shape index (κ2) is 10.1. The molecule has 1 aliphatic heterocycles. The molecule has 0 aromatic carbocycles. The first-order valence-electron chi connectivity index (χ1n) is 8.07. The predicted molar refractivity (Wildman–Crippen MR) is 83.7 cm³/mol. The Morgan fingerprint density at radius 3 is 1.65 bits per heavy atom. The third-order valence-electron chi connectivity index (χ3n) is 3.50. The Labute approximate surface area is 150 Å². The van der Waals surface area contributed by atoms with Crippen LogP contribution in [0.2, 0.25) is 0 Å². The van der Waals surface area contributed by atoms with Gasteiger partial charge in [0, 0.05) is 40.7 Å². The van der Waals surface area contributed by atoms with Crippen molar-refractivity contribution < 1.29 is 48.0 Å². The smallest absolute Gasteiger partial charge is 0.303 e. The average molecular weight is 376 g/mol. The lowest BCUT2D eigenvalue weighted by molar-refractivity contribution is -0.254. The standard InChI is InChI=1S/C16H24O10/c1-8(18)22-7-13-15(24-10(3)20)16(25-11(4)21)14(23-9(2)19)12(26-13)5-6-17/h12-17H,5-7H2,1-4H3/t12-,13-,14+,15+,16-/m1/s1. The van der Waals surface area contributed by atoms with Crippen molar-refractivity contribution >= 4 is 23.9 Å². The highest BCUT2D eigenvalue weighted by molar-refractivity contribution is 5.68. The molecule has 0 aliphatic carbocycles. The van der Waals surface area contributed by atoms with E-state index in [-0.39, 0.29) is 19.6 Å². The van der Waals surface area contributed by atoms with Gasteiger partial charge in [0.2, 0.25) is 0 Å². The van der Waals surface area contributed by atoms with Gasteiger partial charge in [-0.05, 0) is 0 Å². The molecule has 5 atom stereocenters. The second-order valence-electron chi connectivity index (χ2n) is 5.75. The molecule has 10 nitrogen and oxygen atoms in total. The molecule has 148 valence electrons. The van der Waals surface area contributed by atoms with Crippen molar-refractivity contribution in [2.45, 2.75) is 64.6 Å². The summed E-state index contributed by atoms with van der Waals surface area (Å²) in [5, 5.41) is 9.26. The molecule has 1 rings (SSSR count). The minimum Gasteiger partial charge on any atom is -0.463 e. The van der Waals surface area contributed by atoms with Crippen LogP contribution in [0.1, 0.15) is 34.1 Å². The van der Waals surface area contributed by atoms with E-state index < -0.39 is 54.4 Å². The topological polar surface area (TPSA) is 135 Å². The number of aliphatic hydroxyl groups is 1. The van der Waals surface area contributed by atoms with E-state index in [0.29, 0.717) is 0 Å². The first-order chi connectivity index (χ1) is 12.1. The van der Waals surface area contributed by atoms with Crippen LogP contribution in [0.15, 0.2) is 0 Å². The maximum atomic E-state index is 11.5. The molecule has 0 spiro atoms. The Kier molecular flexibility index (Phi) is 8.46. The first kappa shape index (κ1) is 21.8. The maximum Gasteiger partial charge on any atom is 0.303 e. The Morgan fingerprint density at radius 1 is 0.769 bits per heavy atom. The van der Waals surface area contributed by atoms with E-state index in [4.69, 9.17) is 23.7 Å². The quantitative estimate of drug-likeness (QED) is 0.457. The molecule has 0 saturated carbocycles. The molecular formula is C16H24O10. The average Bonchev–Trinajstić information content (AvgIpc) is 2.50. The third kappa shape index (κ3) is 6.60. The SMILES string of the molecule is CC(=O)OC[C@H]1O[C@H](CCO)[C@H](OC(C)=O)[C@@H](OC(C)=O)[C@H]1OC(C)=O. The largest absolute Gasteiger partial charge is 0.463 e. The van der Waals surface area contributed by atoms with Crippen molar-refractivity contribution in [1.29, 1.82) is 0 Å². The summed E-state index contributed by atoms with van der Waals surface area (Å²) in [5.41, 5.74) is 0. The van der Waals surface area contributed by atoms with Crippen LogP contribution in [0.25, 0.3) is 0 Å². The van der Waals surface area contributed by atoms with E-state index in [2.05, 4.69) is 0 Å². The van der Waals surface area contributed by atoms with Gasteiger partial charge < -0.3 is 28.8 Å². The third-order valence-corrected chi connectivity index (χ3v) is 3.50. The number of rotatable bonds is 7.